The van der Waals surface area contributed by atoms with Crippen molar-refractivity contribution in [3.05, 3.63) is 58.1 Å². The molecule has 0 aliphatic rings. The van der Waals surface area contributed by atoms with Crippen LogP contribution in [0.5, 0.6) is 5.75 Å². The average Bonchev–Trinajstić information content (AvgIpc) is 2.75. The standard InChI is InChI=1S/C20H22N2O6S/c1-27-18-7-5-4-6-14(18)16-12-13(22(25)26)8-9-15(16)19(23)21-17(10-11-29-3)20(24)28-2/h4-9,12,17H,10-11H2,1-3H3,(H,21,23)/t17-/m0/s1. The van der Waals surface area contributed by atoms with Gasteiger partial charge in [0.15, 0.2) is 0 Å². The van der Waals surface area contributed by atoms with Crippen LogP contribution >= 0.6 is 11.8 Å². The second-order valence-electron chi connectivity index (χ2n) is 6.02. The molecule has 0 heterocycles. The van der Waals surface area contributed by atoms with Crippen LogP contribution in [0.4, 0.5) is 5.69 Å². The van der Waals surface area contributed by atoms with E-state index in [1.807, 2.05) is 6.26 Å². The Hall–Kier alpha value is -3.07. The van der Waals surface area contributed by atoms with Gasteiger partial charge in [-0.15, -0.1) is 0 Å². The predicted octanol–water partition coefficient (Wildman–Crippen LogP) is 3.29. The summed E-state index contributed by atoms with van der Waals surface area (Å²) in [5.41, 5.74) is 0.901. The van der Waals surface area contributed by atoms with Crippen LogP contribution in [-0.4, -0.2) is 49.1 Å². The van der Waals surface area contributed by atoms with E-state index in [2.05, 4.69) is 5.32 Å². The third-order valence-electron chi connectivity index (χ3n) is 4.26. The molecule has 1 N–H and O–H groups in total. The maximum absolute atomic E-state index is 13.0. The van der Waals surface area contributed by atoms with E-state index in [0.717, 1.165) is 0 Å². The van der Waals surface area contributed by atoms with Gasteiger partial charge in [-0.05, 0) is 30.6 Å². The first-order chi connectivity index (χ1) is 13.9. The topological polar surface area (TPSA) is 108 Å². The van der Waals surface area contributed by atoms with Gasteiger partial charge >= 0.3 is 5.97 Å². The molecule has 2 aromatic rings. The lowest BCUT2D eigenvalue weighted by atomic mass is 9.97. The zero-order valence-electron chi connectivity index (χ0n) is 16.3. The number of para-hydroxylation sites is 1. The molecule has 0 aromatic heterocycles. The summed E-state index contributed by atoms with van der Waals surface area (Å²) in [6.45, 7) is 0. The molecule has 1 atom stereocenters. The van der Waals surface area contributed by atoms with E-state index in [9.17, 15) is 19.7 Å². The van der Waals surface area contributed by atoms with Crippen LogP contribution in [-0.2, 0) is 9.53 Å². The number of non-ortho nitro benzene ring substituents is 1. The normalized spacial score (nSPS) is 11.4. The highest BCUT2D eigenvalue weighted by Gasteiger charge is 2.25. The Kier molecular flexibility index (Phi) is 8.02. The molecule has 0 radical (unpaired) electrons. The molecule has 154 valence electrons. The third kappa shape index (κ3) is 5.47. The number of carbonyl (C=O) groups excluding carboxylic acids is 2. The molecule has 29 heavy (non-hydrogen) atoms. The molecule has 0 unspecified atom stereocenters. The van der Waals surface area contributed by atoms with Gasteiger partial charge in [-0.2, -0.15) is 11.8 Å². The van der Waals surface area contributed by atoms with Crippen LogP contribution in [0.2, 0.25) is 0 Å². The maximum Gasteiger partial charge on any atom is 0.328 e. The molecule has 0 spiro atoms. The van der Waals surface area contributed by atoms with Crippen molar-refractivity contribution in [3.63, 3.8) is 0 Å². The van der Waals surface area contributed by atoms with Crippen LogP contribution in [0.3, 0.4) is 0 Å². The van der Waals surface area contributed by atoms with E-state index in [0.29, 0.717) is 29.1 Å². The second kappa shape index (κ2) is 10.5. The number of benzene rings is 2. The van der Waals surface area contributed by atoms with Gasteiger partial charge in [0.05, 0.1) is 19.1 Å². The number of thioether (sulfide) groups is 1. The first kappa shape index (κ1) is 22.2. The Morgan fingerprint density at radius 3 is 2.52 bits per heavy atom. The molecule has 9 heteroatoms. The lowest BCUT2D eigenvalue weighted by Gasteiger charge is -2.18. The lowest BCUT2D eigenvalue weighted by molar-refractivity contribution is -0.384. The highest BCUT2D eigenvalue weighted by Crippen LogP contribution is 2.34. The van der Waals surface area contributed by atoms with Gasteiger partial charge in [-0.3, -0.25) is 14.9 Å². The molecule has 2 aromatic carbocycles. The SMILES string of the molecule is COC(=O)[C@H](CCSC)NC(=O)c1ccc([N+](=O)[O-])cc1-c1ccccc1OC. The quantitative estimate of drug-likeness (QED) is 0.378. The Morgan fingerprint density at radius 2 is 1.90 bits per heavy atom. The molecular formula is C20H22N2O6S. The third-order valence-corrected chi connectivity index (χ3v) is 4.90. The number of ether oxygens (including phenoxy) is 2. The minimum atomic E-state index is -0.819. The van der Waals surface area contributed by atoms with E-state index < -0.39 is 22.8 Å². The number of hydrogen-bond acceptors (Lipinski definition) is 7. The number of amides is 1. The van der Waals surface area contributed by atoms with Crippen LogP contribution < -0.4 is 10.1 Å². The molecule has 0 saturated carbocycles. The molecule has 0 aliphatic carbocycles. The highest BCUT2D eigenvalue weighted by atomic mass is 32.2. The summed E-state index contributed by atoms with van der Waals surface area (Å²) in [6.07, 6.45) is 2.29. The number of nitrogens with one attached hydrogen (secondary N) is 1. The molecule has 0 bridgehead atoms. The Labute approximate surface area is 172 Å². The van der Waals surface area contributed by atoms with Crippen molar-refractivity contribution in [1.29, 1.82) is 0 Å². The molecule has 8 nitrogen and oxygen atoms in total. The zero-order chi connectivity index (χ0) is 21.4. The summed E-state index contributed by atoms with van der Waals surface area (Å²) >= 11 is 1.54. The van der Waals surface area contributed by atoms with Gasteiger partial charge in [-0.1, -0.05) is 18.2 Å². The van der Waals surface area contributed by atoms with Gasteiger partial charge in [0, 0.05) is 28.8 Å². The highest BCUT2D eigenvalue weighted by molar-refractivity contribution is 7.98. The molecule has 0 saturated heterocycles. The van der Waals surface area contributed by atoms with Crippen molar-refractivity contribution >= 4 is 29.3 Å². The van der Waals surface area contributed by atoms with E-state index in [4.69, 9.17) is 9.47 Å². The van der Waals surface area contributed by atoms with Crippen molar-refractivity contribution in [1.82, 2.24) is 5.32 Å². The molecule has 1 amide bonds. The van der Waals surface area contributed by atoms with Crippen LogP contribution in [0, 0.1) is 10.1 Å². The number of carbonyl (C=O) groups is 2. The molecule has 2 rings (SSSR count). The number of hydrogen-bond donors (Lipinski definition) is 1. The number of nitro benzene ring substituents is 1. The number of rotatable bonds is 9. The number of nitrogens with zero attached hydrogens (tertiary/aromatic N) is 1. The summed E-state index contributed by atoms with van der Waals surface area (Å²) in [5.74, 6) is 0.0408. The lowest BCUT2D eigenvalue weighted by Crippen LogP contribution is -2.42. The van der Waals surface area contributed by atoms with Crippen LogP contribution in [0.15, 0.2) is 42.5 Å². The number of esters is 1. The summed E-state index contributed by atoms with van der Waals surface area (Å²) < 4.78 is 10.1. The Morgan fingerprint density at radius 1 is 1.17 bits per heavy atom. The molecule has 0 fully saturated rings. The first-order valence-corrected chi connectivity index (χ1v) is 10.1. The van der Waals surface area contributed by atoms with Gasteiger partial charge < -0.3 is 14.8 Å². The van der Waals surface area contributed by atoms with E-state index >= 15 is 0 Å². The molecular weight excluding hydrogens is 396 g/mol. The van der Waals surface area contributed by atoms with Crippen molar-refractivity contribution < 1.29 is 24.0 Å². The maximum atomic E-state index is 13.0. The van der Waals surface area contributed by atoms with Gasteiger partial charge in [0.2, 0.25) is 0 Å². The average molecular weight is 418 g/mol. The van der Waals surface area contributed by atoms with Gasteiger partial charge in [0.25, 0.3) is 11.6 Å². The predicted molar refractivity (Wildman–Crippen MR) is 111 cm³/mol. The molecule has 0 aliphatic heterocycles. The summed E-state index contributed by atoms with van der Waals surface area (Å²) in [7, 11) is 2.73. The number of nitro groups is 1. The van der Waals surface area contributed by atoms with E-state index in [1.165, 1.54) is 32.4 Å². The van der Waals surface area contributed by atoms with Gasteiger partial charge in [-0.25, -0.2) is 4.79 Å². The fraction of sp³-hybridized carbons (Fsp3) is 0.300. The Balaban J connectivity index is 2.49. The van der Waals surface area contributed by atoms with Crippen molar-refractivity contribution in [2.45, 2.75) is 12.5 Å². The van der Waals surface area contributed by atoms with Crippen LogP contribution in [0.1, 0.15) is 16.8 Å². The largest absolute Gasteiger partial charge is 0.496 e. The van der Waals surface area contributed by atoms with E-state index in [-0.39, 0.29) is 11.3 Å². The first-order valence-electron chi connectivity index (χ1n) is 8.72. The zero-order valence-corrected chi connectivity index (χ0v) is 17.2. The fourth-order valence-corrected chi connectivity index (χ4v) is 3.27. The van der Waals surface area contributed by atoms with Crippen molar-refractivity contribution in [3.8, 4) is 16.9 Å². The minimum Gasteiger partial charge on any atom is -0.496 e. The van der Waals surface area contributed by atoms with Crippen molar-refractivity contribution in [2.75, 3.05) is 26.2 Å². The van der Waals surface area contributed by atoms with E-state index in [1.54, 1.807) is 36.0 Å². The second-order valence-corrected chi connectivity index (χ2v) is 7.00. The summed E-state index contributed by atoms with van der Waals surface area (Å²) in [5, 5.41) is 13.9. The monoisotopic (exact) mass is 418 g/mol. The minimum absolute atomic E-state index is 0.158. The smallest absolute Gasteiger partial charge is 0.328 e. The van der Waals surface area contributed by atoms with Gasteiger partial charge in [0.1, 0.15) is 11.8 Å². The number of methoxy groups -OCH3 is 2. The fourth-order valence-electron chi connectivity index (χ4n) is 2.80. The van der Waals surface area contributed by atoms with Crippen molar-refractivity contribution in [2.24, 2.45) is 0 Å². The Bertz CT molecular complexity index is 902. The summed E-state index contributed by atoms with van der Waals surface area (Å²) in [6, 6.07) is 10.0. The summed E-state index contributed by atoms with van der Waals surface area (Å²) in [4.78, 5) is 35.7. The van der Waals surface area contributed by atoms with Crippen LogP contribution in [0.25, 0.3) is 11.1 Å².